The first kappa shape index (κ1) is 6.85. The normalized spacial score (nSPS) is 25.3. The number of rotatable bonds is 1. The van der Waals surface area contributed by atoms with Crippen molar-refractivity contribution >= 4 is 0 Å². The van der Waals surface area contributed by atoms with Crippen LogP contribution in [0.4, 0.5) is 0 Å². The van der Waals surface area contributed by atoms with E-state index in [-0.39, 0.29) is 0 Å². The monoisotopic (exact) mass is 152 g/mol. The van der Waals surface area contributed by atoms with Crippen molar-refractivity contribution in [3.8, 4) is 0 Å². The van der Waals surface area contributed by atoms with Gasteiger partial charge in [0, 0.05) is 18.7 Å². The molecule has 1 aliphatic heterocycles. The largest absolute Gasteiger partial charge is 0.381 e. The number of hydrogen-bond acceptors (Lipinski definition) is 2. The van der Waals surface area contributed by atoms with Crippen molar-refractivity contribution in [2.45, 2.75) is 18.8 Å². The van der Waals surface area contributed by atoms with Gasteiger partial charge in [-0.05, 0) is 18.4 Å². The van der Waals surface area contributed by atoms with Gasteiger partial charge in [0.1, 0.15) is 0 Å². The van der Waals surface area contributed by atoms with Crippen molar-refractivity contribution in [3.63, 3.8) is 0 Å². The van der Waals surface area contributed by atoms with Gasteiger partial charge in [-0.2, -0.15) is 5.10 Å². The number of aromatic nitrogens is 2. The first-order valence-corrected chi connectivity index (χ1v) is 4.03. The zero-order chi connectivity index (χ0) is 7.52. The van der Waals surface area contributed by atoms with Crippen LogP contribution in [0.25, 0.3) is 0 Å². The summed E-state index contributed by atoms with van der Waals surface area (Å²) >= 11 is 0. The molecule has 0 spiro atoms. The highest BCUT2D eigenvalue weighted by Crippen LogP contribution is 2.23. The van der Waals surface area contributed by atoms with Crippen molar-refractivity contribution in [2.75, 3.05) is 13.2 Å². The molecule has 1 N–H and O–H groups in total. The minimum absolute atomic E-state index is 0.572. The van der Waals surface area contributed by atoms with Crippen LogP contribution >= 0.6 is 0 Å². The van der Waals surface area contributed by atoms with Crippen LogP contribution in [0.5, 0.6) is 0 Å². The summed E-state index contributed by atoms with van der Waals surface area (Å²) in [4.78, 5) is 0. The number of aromatic amines is 1. The van der Waals surface area contributed by atoms with Crippen LogP contribution in [0.1, 0.15) is 24.3 Å². The molecule has 0 aliphatic carbocycles. The van der Waals surface area contributed by atoms with E-state index >= 15 is 0 Å². The molecule has 0 aromatic carbocycles. The Hall–Kier alpha value is -0.830. The van der Waals surface area contributed by atoms with Crippen LogP contribution in [-0.4, -0.2) is 23.4 Å². The highest BCUT2D eigenvalue weighted by atomic mass is 16.5. The van der Waals surface area contributed by atoms with Gasteiger partial charge in [0.25, 0.3) is 0 Å². The van der Waals surface area contributed by atoms with Crippen LogP contribution in [0.15, 0.2) is 12.4 Å². The van der Waals surface area contributed by atoms with Crippen molar-refractivity contribution in [1.82, 2.24) is 10.2 Å². The van der Waals surface area contributed by atoms with Crippen molar-refractivity contribution < 1.29 is 4.74 Å². The molecule has 0 bridgehead atoms. The Morgan fingerprint density at radius 2 is 2.64 bits per heavy atom. The van der Waals surface area contributed by atoms with E-state index in [2.05, 4.69) is 10.2 Å². The van der Waals surface area contributed by atoms with E-state index in [1.165, 1.54) is 18.4 Å². The molecule has 1 saturated heterocycles. The number of nitrogens with zero attached hydrogens (tertiary/aromatic N) is 1. The molecular weight excluding hydrogens is 140 g/mol. The number of H-pyrrole nitrogens is 1. The molecule has 2 rings (SSSR count). The average molecular weight is 152 g/mol. The molecule has 60 valence electrons. The van der Waals surface area contributed by atoms with Crippen molar-refractivity contribution in [2.24, 2.45) is 0 Å². The summed E-state index contributed by atoms with van der Waals surface area (Å²) < 4.78 is 5.36. The lowest BCUT2D eigenvalue weighted by atomic mass is 9.97. The summed E-state index contributed by atoms with van der Waals surface area (Å²) in [5.74, 6) is 0.572. The van der Waals surface area contributed by atoms with Crippen molar-refractivity contribution in [3.05, 3.63) is 18.0 Å². The standard InChI is InChI=1S/C8H12N2O/c1-2-7(6-11-3-1)8-4-9-10-5-8/h4-5,7H,1-3,6H2,(H,9,10). The Kier molecular flexibility index (Phi) is 1.90. The van der Waals surface area contributed by atoms with Gasteiger partial charge in [-0.15, -0.1) is 0 Å². The second kappa shape index (κ2) is 3.05. The highest BCUT2D eigenvalue weighted by Gasteiger charge is 2.16. The van der Waals surface area contributed by atoms with E-state index in [1.54, 1.807) is 0 Å². The van der Waals surface area contributed by atoms with Crippen LogP contribution in [0, 0.1) is 0 Å². The van der Waals surface area contributed by atoms with Gasteiger partial charge >= 0.3 is 0 Å². The second-order valence-electron chi connectivity index (χ2n) is 2.95. The first-order valence-electron chi connectivity index (χ1n) is 4.03. The Morgan fingerprint density at radius 3 is 3.27 bits per heavy atom. The number of nitrogens with one attached hydrogen (secondary N) is 1. The summed E-state index contributed by atoms with van der Waals surface area (Å²) in [6.45, 7) is 1.79. The van der Waals surface area contributed by atoms with E-state index in [1.807, 2.05) is 12.4 Å². The lowest BCUT2D eigenvalue weighted by molar-refractivity contribution is 0.0804. The lowest BCUT2D eigenvalue weighted by Crippen LogP contribution is -2.14. The predicted octanol–water partition coefficient (Wildman–Crippen LogP) is 1.30. The molecule has 3 nitrogen and oxygen atoms in total. The third-order valence-electron chi connectivity index (χ3n) is 2.15. The first-order chi connectivity index (χ1) is 5.47. The van der Waals surface area contributed by atoms with Gasteiger partial charge in [0.2, 0.25) is 0 Å². The SMILES string of the molecule is c1n[nH]cc1C1CCCOC1. The molecule has 11 heavy (non-hydrogen) atoms. The maximum absolute atomic E-state index is 5.36. The van der Waals surface area contributed by atoms with Crippen LogP contribution < -0.4 is 0 Å². The van der Waals surface area contributed by atoms with Gasteiger partial charge in [0.15, 0.2) is 0 Å². The molecule has 3 heteroatoms. The molecule has 1 aromatic heterocycles. The second-order valence-corrected chi connectivity index (χ2v) is 2.95. The maximum atomic E-state index is 5.36. The summed E-state index contributed by atoms with van der Waals surface area (Å²) in [5, 5.41) is 6.74. The smallest absolute Gasteiger partial charge is 0.0535 e. The average Bonchev–Trinajstić information content (AvgIpc) is 2.58. The Bertz CT molecular complexity index is 202. The molecule has 0 saturated carbocycles. The molecular formula is C8H12N2O. The fraction of sp³-hybridized carbons (Fsp3) is 0.625. The van der Waals surface area contributed by atoms with Gasteiger partial charge in [-0.25, -0.2) is 0 Å². The predicted molar refractivity (Wildman–Crippen MR) is 41.4 cm³/mol. The van der Waals surface area contributed by atoms with Crippen molar-refractivity contribution in [1.29, 1.82) is 0 Å². The van der Waals surface area contributed by atoms with Gasteiger partial charge in [-0.1, -0.05) is 0 Å². The third kappa shape index (κ3) is 1.43. The van der Waals surface area contributed by atoms with Crippen LogP contribution in [0.2, 0.25) is 0 Å². The Balaban J connectivity index is 2.04. The molecule has 1 unspecified atom stereocenters. The highest BCUT2D eigenvalue weighted by molar-refractivity contribution is 5.10. The minimum atomic E-state index is 0.572. The topological polar surface area (TPSA) is 37.9 Å². The number of hydrogen-bond donors (Lipinski definition) is 1. The van der Waals surface area contributed by atoms with Crippen LogP contribution in [-0.2, 0) is 4.74 Å². The summed E-state index contributed by atoms with van der Waals surface area (Å²) in [5.41, 5.74) is 1.28. The third-order valence-corrected chi connectivity index (χ3v) is 2.15. The maximum Gasteiger partial charge on any atom is 0.0535 e. The summed E-state index contributed by atoms with van der Waals surface area (Å²) in [7, 11) is 0. The molecule has 1 aromatic rings. The zero-order valence-electron chi connectivity index (χ0n) is 6.42. The molecule has 0 amide bonds. The zero-order valence-corrected chi connectivity index (χ0v) is 6.42. The quantitative estimate of drug-likeness (QED) is 0.658. The van der Waals surface area contributed by atoms with Gasteiger partial charge in [0.05, 0.1) is 12.8 Å². The van der Waals surface area contributed by atoms with E-state index < -0.39 is 0 Å². The molecule has 1 fully saturated rings. The minimum Gasteiger partial charge on any atom is -0.381 e. The lowest BCUT2D eigenvalue weighted by Gasteiger charge is -2.20. The fourth-order valence-corrected chi connectivity index (χ4v) is 1.49. The number of ether oxygens (including phenoxy) is 1. The van der Waals surface area contributed by atoms with Gasteiger partial charge in [-0.3, -0.25) is 5.10 Å². The van der Waals surface area contributed by atoms with E-state index in [4.69, 9.17) is 4.74 Å². The van der Waals surface area contributed by atoms with Crippen LogP contribution in [0.3, 0.4) is 0 Å². The van der Waals surface area contributed by atoms with Gasteiger partial charge < -0.3 is 4.74 Å². The Labute approximate surface area is 65.8 Å². The van der Waals surface area contributed by atoms with E-state index in [0.29, 0.717) is 5.92 Å². The molecule has 2 heterocycles. The van der Waals surface area contributed by atoms with E-state index in [9.17, 15) is 0 Å². The summed E-state index contributed by atoms with van der Waals surface area (Å²) in [6.07, 6.45) is 6.26. The summed E-state index contributed by atoms with van der Waals surface area (Å²) in [6, 6.07) is 0. The Morgan fingerprint density at radius 1 is 1.64 bits per heavy atom. The fourth-order valence-electron chi connectivity index (χ4n) is 1.49. The molecule has 0 radical (unpaired) electrons. The molecule has 1 aliphatic rings. The van der Waals surface area contributed by atoms with E-state index in [0.717, 1.165) is 13.2 Å². The molecule has 1 atom stereocenters.